The van der Waals surface area contributed by atoms with Gasteiger partial charge < -0.3 is 5.73 Å². The van der Waals surface area contributed by atoms with Crippen LogP contribution in [0.25, 0.3) is 0 Å². The Morgan fingerprint density at radius 1 is 1.22 bits per heavy atom. The molecule has 1 aliphatic heterocycles. The van der Waals surface area contributed by atoms with E-state index in [-0.39, 0.29) is 0 Å². The van der Waals surface area contributed by atoms with Crippen molar-refractivity contribution in [1.29, 1.82) is 0 Å². The Morgan fingerprint density at radius 2 is 1.89 bits per heavy atom. The molecule has 2 heteroatoms. The summed E-state index contributed by atoms with van der Waals surface area (Å²) in [5.41, 5.74) is 10.2. The number of likely N-dealkylation sites (tertiary alicyclic amines) is 1. The van der Waals surface area contributed by atoms with Crippen LogP contribution in [0.1, 0.15) is 42.5 Å². The van der Waals surface area contributed by atoms with Crippen molar-refractivity contribution >= 4 is 0 Å². The van der Waals surface area contributed by atoms with Gasteiger partial charge in [-0.05, 0) is 57.8 Å². The molecule has 0 saturated carbocycles. The smallest absolute Gasteiger partial charge is 0.0388 e. The van der Waals surface area contributed by atoms with Crippen LogP contribution in [0, 0.1) is 19.8 Å². The van der Waals surface area contributed by atoms with Crippen LogP contribution in [0.3, 0.4) is 0 Å². The van der Waals surface area contributed by atoms with E-state index in [1.54, 1.807) is 0 Å². The quantitative estimate of drug-likeness (QED) is 0.888. The number of hydrogen-bond donors (Lipinski definition) is 1. The monoisotopic (exact) mass is 246 g/mol. The third-order valence-electron chi connectivity index (χ3n) is 4.15. The third-order valence-corrected chi connectivity index (χ3v) is 4.15. The molecule has 0 spiro atoms. The van der Waals surface area contributed by atoms with Gasteiger partial charge in [-0.3, -0.25) is 4.90 Å². The second kappa shape index (κ2) is 5.85. The maximum Gasteiger partial charge on any atom is 0.0388 e. The number of nitrogens with zero attached hydrogens (tertiary/aromatic N) is 1. The lowest BCUT2D eigenvalue weighted by Gasteiger charge is -2.41. The maximum atomic E-state index is 6.00. The van der Waals surface area contributed by atoms with Crippen molar-refractivity contribution in [1.82, 2.24) is 4.90 Å². The van der Waals surface area contributed by atoms with Crippen LogP contribution in [0.15, 0.2) is 18.2 Å². The van der Waals surface area contributed by atoms with Crippen LogP contribution >= 0.6 is 0 Å². The second-order valence-corrected chi connectivity index (χ2v) is 5.63. The molecule has 0 bridgehead atoms. The van der Waals surface area contributed by atoms with E-state index in [1.165, 1.54) is 36.1 Å². The van der Waals surface area contributed by atoms with Gasteiger partial charge in [-0.1, -0.05) is 36.2 Å². The van der Waals surface area contributed by atoms with Gasteiger partial charge >= 0.3 is 0 Å². The van der Waals surface area contributed by atoms with Gasteiger partial charge in [-0.2, -0.15) is 0 Å². The number of nitrogens with two attached hydrogens (primary N) is 1. The van der Waals surface area contributed by atoms with Crippen molar-refractivity contribution < 1.29 is 0 Å². The first-order chi connectivity index (χ1) is 8.65. The average Bonchev–Trinajstić information content (AvgIpc) is 2.36. The summed E-state index contributed by atoms with van der Waals surface area (Å²) >= 11 is 0. The van der Waals surface area contributed by atoms with E-state index >= 15 is 0 Å². The van der Waals surface area contributed by atoms with E-state index in [0.29, 0.717) is 12.0 Å². The molecule has 0 aromatic heterocycles. The summed E-state index contributed by atoms with van der Waals surface area (Å²) in [6.45, 7) is 9.77. The van der Waals surface area contributed by atoms with E-state index < -0.39 is 0 Å². The molecule has 1 fully saturated rings. The minimum absolute atomic E-state index is 0.521. The zero-order valence-electron chi connectivity index (χ0n) is 11.9. The molecule has 0 aliphatic carbocycles. The summed E-state index contributed by atoms with van der Waals surface area (Å²) < 4.78 is 0. The third kappa shape index (κ3) is 2.76. The van der Waals surface area contributed by atoms with Gasteiger partial charge in [-0.25, -0.2) is 0 Å². The molecule has 2 N–H and O–H groups in total. The Kier molecular flexibility index (Phi) is 4.41. The lowest BCUT2D eigenvalue weighted by Crippen LogP contribution is -2.41. The Labute approximate surface area is 111 Å². The molecule has 1 aliphatic rings. The molecule has 100 valence electrons. The molecule has 18 heavy (non-hydrogen) atoms. The topological polar surface area (TPSA) is 29.3 Å². The molecule has 2 unspecified atom stereocenters. The second-order valence-electron chi connectivity index (χ2n) is 5.63. The van der Waals surface area contributed by atoms with E-state index in [9.17, 15) is 0 Å². The molecule has 0 radical (unpaired) electrons. The van der Waals surface area contributed by atoms with Gasteiger partial charge in [0, 0.05) is 6.04 Å². The van der Waals surface area contributed by atoms with Crippen LogP contribution in [-0.2, 0) is 0 Å². The Hall–Kier alpha value is -0.860. The fraction of sp³-hybridized carbons (Fsp3) is 0.625. The highest BCUT2D eigenvalue weighted by molar-refractivity contribution is 5.31. The lowest BCUT2D eigenvalue weighted by molar-refractivity contribution is 0.102. The molecule has 1 heterocycles. The Morgan fingerprint density at radius 3 is 2.44 bits per heavy atom. The summed E-state index contributed by atoms with van der Waals surface area (Å²) in [4.78, 5) is 2.59. The predicted octanol–water partition coefficient (Wildman–Crippen LogP) is 3.04. The van der Waals surface area contributed by atoms with Crippen molar-refractivity contribution in [3.05, 3.63) is 34.9 Å². The highest BCUT2D eigenvalue weighted by atomic mass is 15.2. The van der Waals surface area contributed by atoms with E-state index in [4.69, 9.17) is 5.73 Å². The molecule has 2 atom stereocenters. The highest BCUT2D eigenvalue weighted by Gasteiger charge is 2.30. The zero-order chi connectivity index (χ0) is 13.1. The van der Waals surface area contributed by atoms with Crippen LogP contribution in [0.5, 0.6) is 0 Å². The fourth-order valence-corrected chi connectivity index (χ4v) is 3.42. The van der Waals surface area contributed by atoms with Crippen molar-refractivity contribution in [3.8, 4) is 0 Å². The van der Waals surface area contributed by atoms with Gasteiger partial charge in [0.1, 0.15) is 0 Å². The number of rotatable bonds is 3. The normalized spacial score (nSPS) is 25.3. The Balaban J connectivity index is 2.35. The fourth-order valence-electron chi connectivity index (χ4n) is 3.42. The van der Waals surface area contributed by atoms with Crippen LogP contribution in [0.2, 0.25) is 0 Å². The van der Waals surface area contributed by atoms with Gasteiger partial charge in [0.05, 0.1) is 0 Å². The molecular formula is C16H26N2. The highest BCUT2D eigenvalue weighted by Crippen LogP contribution is 2.35. The number of aryl methyl sites for hydroxylation is 2. The number of piperidine rings is 1. The van der Waals surface area contributed by atoms with Crippen molar-refractivity contribution in [3.63, 3.8) is 0 Å². The van der Waals surface area contributed by atoms with Gasteiger partial charge in [0.25, 0.3) is 0 Å². The van der Waals surface area contributed by atoms with Gasteiger partial charge in [0.2, 0.25) is 0 Å². The van der Waals surface area contributed by atoms with Crippen LogP contribution < -0.4 is 5.73 Å². The zero-order valence-corrected chi connectivity index (χ0v) is 11.9. The predicted molar refractivity (Wildman–Crippen MR) is 77.7 cm³/mol. The minimum atomic E-state index is 0.521. The average molecular weight is 246 g/mol. The Bertz CT molecular complexity index is 368. The molecule has 2 nitrogen and oxygen atoms in total. The van der Waals surface area contributed by atoms with E-state index in [2.05, 4.69) is 43.9 Å². The first-order valence-electron chi connectivity index (χ1n) is 7.18. The summed E-state index contributed by atoms with van der Waals surface area (Å²) in [5, 5.41) is 0. The first kappa shape index (κ1) is 13.6. The molecule has 1 aromatic rings. The van der Waals surface area contributed by atoms with Crippen molar-refractivity contribution in [2.75, 3.05) is 19.6 Å². The largest absolute Gasteiger partial charge is 0.330 e. The maximum absolute atomic E-state index is 6.00. The number of hydrogen-bond acceptors (Lipinski definition) is 2. The van der Waals surface area contributed by atoms with Crippen LogP contribution in [0.4, 0.5) is 0 Å². The SMILES string of the molecule is CCN1CCCC(CN)C1c1cc(C)cc(C)c1. The van der Waals surface area contributed by atoms with Crippen molar-refractivity contribution in [2.24, 2.45) is 11.7 Å². The van der Waals surface area contributed by atoms with E-state index in [1.807, 2.05) is 0 Å². The summed E-state index contributed by atoms with van der Waals surface area (Å²) in [6, 6.07) is 7.45. The lowest BCUT2D eigenvalue weighted by atomic mass is 9.83. The summed E-state index contributed by atoms with van der Waals surface area (Å²) in [5.74, 6) is 0.611. The van der Waals surface area contributed by atoms with E-state index in [0.717, 1.165) is 13.1 Å². The molecule has 1 saturated heterocycles. The number of benzene rings is 1. The molecule has 2 rings (SSSR count). The van der Waals surface area contributed by atoms with Crippen molar-refractivity contribution in [2.45, 2.75) is 39.7 Å². The van der Waals surface area contributed by atoms with Gasteiger partial charge in [-0.15, -0.1) is 0 Å². The first-order valence-corrected chi connectivity index (χ1v) is 7.18. The summed E-state index contributed by atoms with van der Waals surface area (Å²) in [6.07, 6.45) is 2.56. The summed E-state index contributed by atoms with van der Waals surface area (Å²) in [7, 11) is 0. The standard InChI is InChI=1S/C16H26N2/c1-4-18-7-5-6-14(11-17)16(18)15-9-12(2)8-13(3)10-15/h8-10,14,16H,4-7,11,17H2,1-3H3. The molecule has 1 aromatic carbocycles. The minimum Gasteiger partial charge on any atom is -0.330 e. The van der Waals surface area contributed by atoms with Gasteiger partial charge in [0.15, 0.2) is 0 Å². The molecular weight excluding hydrogens is 220 g/mol. The molecule has 0 amide bonds. The van der Waals surface area contributed by atoms with Crippen LogP contribution in [-0.4, -0.2) is 24.5 Å².